The lowest BCUT2D eigenvalue weighted by atomic mass is 10.1. The number of hydrogen-bond donors (Lipinski definition) is 0. The normalized spacial score (nSPS) is 11.9. The van der Waals surface area contributed by atoms with Crippen LogP contribution < -0.4 is 9.84 Å². The Labute approximate surface area is 87.5 Å². The van der Waals surface area contributed by atoms with Crippen molar-refractivity contribution in [3.05, 3.63) is 29.8 Å². The second kappa shape index (κ2) is 4.59. The largest absolute Gasteiger partial charge is 0.546 e. The minimum atomic E-state index is -1.27. The van der Waals surface area contributed by atoms with Crippen molar-refractivity contribution in [3.8, 4) is 5.75 Å². The van der Waals surface area contributed by atoms with Crippen LogP contribution in [-0.4, -0.2) is 17.9 Å². The Bertz CT molecular complexity index is 367. The van der Waals surface area contributed by atoms with E-state index in [9.17, 15) is 14.7 Å². The van der Waals surface area contributed by atoms with Crippen molar-refractivity contribution in [2.24, 2.45) is 0 Å². The van der Waals surface area contributed by atoms with E-state index in [1.165, 1.54) is 13.8 Å². The smallest absolute Gasteiger partial charge is 0.159 e. The molecule has 0 N–H and O–H groups in total. The van der Waals surface area contributed by atoms with Crippen molar-refractivity contribution in [1.82, 2.24) is 0 Å². The Morgan fingerprint density at radius 3 is 2.20 bits per heavy atom. The van der Waals surface area contributed by atoms with Gasteiger partial charge in [0, 0.05) is 5.56 Å². The Morgan fingerprint density at radius 1 is 1.27 bits per heavy atom. The molecule has 0 heterocycles. The monoisotopic (exact) mass is 207 g/mol. The first-order valence-corrected chi connectivity index (χ1v) is 4.49. The highest BCUT2D eigenvalue weighted by Gasteiger charge is 2.05. The maximum Gasteiger partial charge on any atom is 0.159 e. The molecule has 80 valence electrons. The van der Waals surface area contributed by atoms with Gasteiger partial charge < -0.3 is 14.6 Å². The van der Waals surface area contributed by atoms with Gasteiger partial charge in [-0.3, -0.25) is 4.79 Å². The fourth-order valence-electron chi connectivity index (χ4n) is 1.02. The zero-order valence-corrected chi connectivity index (χ0v) is 8.52. The maximum absolute atomic E-state index is 10.9. The van der Waals surface area contributed by atoms with Gasteiger partial charge in [-0.1, -0.05) is 0 Å². The number of benzene rings is 1. The standard InChI is InChI=1S/C11H12O4/c1-7(12)9-3-5-10(6-4-9)15-8(2)11(13)14/h3-6,8H,1-2H3,(H,13,14)/p-1. The van der Waals surface area contributed by atoms with E-state index in [0.717, 1.165) is 0 Å². The average molecular weight is 207 g/mol. The van der Waals surface area contributed by atoms with Gasteiger partial charge >= 0.3 is 0 Å². The predicted molar refractivity (Wildman–Crippen MR) is 51.5 cm³/mol. The van der Waals surface area contributed by atoms with Gasteiger partial charge in [0.2, 0.25) is 0 Å². The number of ketones is 1. The molecule has 1 atom stereocenters. The van der Waals surface area contributed by atoms with E-state index in [4.69, 9.17) is 4.74 Å². The first-order valence-electron chi connectivity index (χ1n) is 4.49. The molecule has 0 radical (unpaired) electrons. The molecule has 15 heavy (non-hydrogen) atoms. The molecule has 4 nitrogen and oxygen atoms in total. The van der Waals surface area contributed by atoms with E-state index in [1.54, 1.807) is 24.3 Å². The molecule has 0 bridgehead atoms. The molecule has 0 aliphatic rings. The zero-order chi connectivity index (χ0) is 11.4. The second-order valence-electron chi connectivity index (χ2n) is 3.16. The maximum atomic E-state index is 10.9. The molecule has 1 rings (SSSR count). The first kappa shape index (κ1) is 11.2. The number of carboxylic acid groups (broad SMARTS) is 1. The summed E-state index contributed by atoms with van der Waals surface area (Å²) in [4.78, 5) is 21.3. The highest BCUT2D eigenvalue weighted by molar-refractivity contribution is 5.94. The molecule has 4 heteroatoms. The summed E-state index contributed by atoms with van der Waals surface area (Å²) < 4.78 is 5.04. The van der Waals surface area contributed by atoms with Crippen LogP contribution in [0, 0.1) is 0 Å². The highest BCUT2D eigenvalue weighted by atomic mass is 16.5. The van der Waals surface area contributed by atoms with Crippen LogP contribution in [0.15, 0.2) is 24.3 Å². The third-order valence-electron chi connectivity index (χ3n) is 1.91. The number of aliphatic carboxylic acids is 1. The van der Waals surface area contributed by atoms with Gasteiger partial charge in [-0.25, -0.2) is 0 Å². The van der Waals surface area contributed by atoms with Gasteiger partial charge in [0.1, 0.15) is 11.9 Å². The number of carbonyl (C=O) groups excluding carboxylic acids is 2. The summed E-state index contributed by atoms with van der Waals surface area (Å²) >= 11 is 0. The summed E-state index contributed by atoms with van der Waals surface area (Å²) in [5, 5.41) is 10.4. The fourth-order valence-corrected chi connectivity index (χ4v) is 1.02. The van der Waals surface area contributed by atoms with Crippen LogP contribution >= 0.6 is 0 Å². The molecule has 0 saturated heterocycles. The minimum Gasteiger partial charge on any atom is -0.546 e. The van der Waals surface area contributed by atoms with E-state index in [0.29, 0.717) is 11.3 Å². The molecule has 1 aromatic rings. The molecular formula is C11H11O4-. The number of carbonyl (C=O) groups is 2. The van der Waals surface area contributed by atoms with Crippen LogP contribution in [0.1, 0.15) is 24.2 Å². The topological polar surface area (TPSA) is 66.4 Å². The number of Topliss-reactive ketones (excluding diaryl/α,β-unsaturated/α-hetero) is 1. The van der Waals surface area contributed by atoms with Crippen LogP contribution in [0.3, 0.4) is 0 Å². The summed E-state index contributed by atoms with van der Waals surface area (Å²) in [6.45, 7) is 2.84. The molecular weight excluding hydrogens is 196 g/mol. The van der Waals surface area contributed by atoms with Crippen LogP contribution in [-0.2, 0) is 4.79 Å². The van der Waals surface area contributed by atoms with Crippen molar-refractivity contribution < 1.29 is 19.4 Å². The minimum absolute atomic E-state index is 0.0468. The molecule has 0 saturated carbocycles. The van der Waals surface area contributed by atoms with Crippen LogP contribution in [0.5, 0.6) is 5.75 Å². The van der Waals surface area contributed by atoms with Crippen LogP contribution in [0.25, 0.3) is 0 Å². The highest BCUT2D eigenvalue weighted by Crippen LogP contribution is 2.13. The lowest BCUT2D eigenvalue weighted by Crippen LogP contribution is -2.37. The van der Waals surface area contributed by atoms with Crippen LogP contribution in [0.2, 0.25) is 0 Å². The van der Waals surface area contributed by atoms with E-state index >= 15 is 0 Å². The van der Waals surface area contributed by atoms with Gasteiger partial charge in [0.25, 0.3) is 0 Å². The van der Waals surface area contributed by atoms with Crippen molar-refractivity contribution >= 4 is 11.8 Å². The van der Waals surface area contributed by atoms with E-state index in [1.807, 2.05) is 0 Å². The van der Waals surface area contributed by atoms with Crippen LogP contribution in [0.4, 0.5) is 0 Å². The van der Waals surface area contributed by atoms with Gasteiger partial charge in [0.05, 0.1) is 5.97 Å². The van der Waals surface area contributed by atoms with Gasteiger partial charge in [-0.2, -0.15) is 0 Å². The van der Waals surface area contributed by atoms with Crippen molar-refractivity contribution in [1.29, 1.82) is 0 Å². The number of rotatable bonds is 4. The lowest BCUT2D eigenvalue weighted by molar-refractivity contribution is -0.312. The first-order chi connectivity index (χ1) is 7.00. The van der Waals surface area contributed by atoms with Gasteiger partial charge in [-0.05, 0) is 38.1 Å². The summed E-state index contributed by atoms with van der Waals surface area (Å²) in [6, 6.07) is 6.27. The SMILES string of the molecule is CC(=O)c1ccc(OC(C)C(=O)[O-])cc1. The average Bonchev–Trinajstić information content (AvgIpc) is 2.18. The van der Waals surface area contributed by atoms with Crippen molar-refractivity contribution in [3.63, 3.8) is 0 Å². The quantitative estimate of drug-likeness (QED) is 0.670. The summed E-state index contributed by atoms with van der Waals surface area (Å²) in [5.41, 5.74) is 0.559. The Morgan fingerprint density at radius 2 is 1.80 bits per heavy atom. The molecule has 0 amide bonds. The summed E-state index contributed by atoms with van der Waals surface area (Å²) in [5.74, 6) is -0.920. The van der Waals surface area contributed by atoms with Gasteiger partial charge in [-0.15, -0.1) is 0 Å². The molecule has 0 spiro atoms. The molecule has 1 unspecified atom stereocenters. The predicted octanol–water partition coefficient (Wildman–Crippen LogP) is 0.406. The van der Waals surface area contributed by atoms with Crippen molar-refractivity contribution in [2.45, 2.75) is 20.0 Å². The third-order valence-corrected chi connectivity index (χ3v) is 1.91. The summed E-state index contributed by atoms with van der Waals surface area (Å²) in [6.07, 6.45) is -1.01. The number of hydrogen-bond acceptors (Lipinski definition) is 4. The Balaban J connectivity index is 2.72. The fraction of sp³-hybridized carbons (Fsp3) is 0.273. The molecule has 1 aromatic carbocycles. The zero-order valence-electron chi connectivity index (χ0n) is 8.52. The third kappa shape index (κ3) is 3.09. The molecule has 0 aliphatic heterocycles. The second-order valence-corrected chi connectivity index (χ2v) is 3.16. The lowest BCUT2D eigenvalue weighted by Gasteiger charge is -2.15. The number of carboxylic acids is 1. The Hall–Kier alpha value is -1.84. The molecule has 0 aromatic heterocycles. The summed E-state index contributed by atoms with van der Waals surface area (Å²) in [7, 11) is 0. The van der Waals surface area contributed by atoms with Gasteiger partial charge in [0.15, 0.2) is 5.78 Å². The van der Waals surface area contributed by atoms with E-state index < -0.39 is 12.1 Å². The van der Waals surface area contributed by atoms with Crippen molar-refractivity contribution in [2.75, 3.05) is 0 Å². The Kier molecular flexibility index (Phi) is 3.44. The van der Waals surface area contributed by atoms with E-state index in [-0.39, 0.29) is 5.78 Å². The number of ether oxygens (including phenoxy) is 1. The molecule has 0 aliphatic carbocycles. The van der Waals surface area contributed by atoms with E-state index in [2.05, 4.69) is 0 Å². The molecule has 0 fully saturated rings.